The molecule has 6 aromatic carbocycles. The largest absolute Gasteiger partial charge is 0.496 e. The number of hydroxylamine groups is 4. The number of benzene rings is 6. The van der Waals surface area contributed by atoms with Crippen molar-refractivity contribution in [1.29, 1.82) is 0 Å². The maximum absolute atomic E-state index is 11.8. The van der Waals surface area contributed by atoms with Crippen LogP contribution in [0.15, 0.2) is 103 Å². The molecule has 2 heterocycles. The summed E-state index contributed by atoms with van der Waals surface area (Å²) in [5, 5.41) is 56.1. The number of rotatable bonds is 18. The molecule has 0 atom stereocenters. The van der Waals surface area contributed by atoms with E-state index in [0.29, 0.717) is 88.8 Å². The Morgan fingerprint density at radius 1 is 0.500 bits per heavy atom. The monoisotopic (exact) mass is 1390 g/mol. The average molecular weight is 1390 g/mol. The van der Waals surface area contributed by atoms with E-state index in [1.165, 1.54) is 121 Å². The van der Waals surface area contributed by atoms with Gasteiger partial charge in [-0.3, -0.25) is 68.8 Å². The predicted octanol–water partition coefficient (Wildman–Crippen LogP) is 7.64. The van der Waals surface area contributed by atoms with Crippen LogP contribution in [0.4, 0.5) is 28.4 Å². The first-order valence-electron chi connectivity index (χ1n) is 29.8. The van der Waals surface area contributed by atoms with E-state index in [9.17, 15) is 57.5 Å². The first-order valence-corrected chi connectivity index (χ1v) is 29.8. The maximum Gasteiger partial charge on any atom is 0.345 e. The van der Waals surface area contributed by atoms with Gasteiger partial charge in [-0.2, -0.15) is 0 Å². The van der Waals surface area contributed by atoms with Gasteiger partial charge in [0.1, 0.15) is 51.4 Å². The zero-order valence-corrected chi connectivity index (χ0v) is 56.7. The van der Waals surface area contributed by atoms with Crippen molar-refractivity contribution in [3.8, 4) is 34.5 Å². The van der Waals surface area contributed by atoms with Crippen LogP contribution in [0.25, 0.3) is 0 Å². The van der Waals surface area contributed by atoms with Gasteiger partial charge in [0.2, 0.25) is 35.3 Å². The minimum absolute atomic E-state index is 0.0513. The summed E-state index contributed by atoms with van der Waals surface area (Å²) < 4.78 is 36.5. The number of anilines is 5. The molecular formula is C67H79N9O24. The summed E-state index contributed by atoms with van der Waals surface area (Å²) in [4.78, 5) is 134. The Hall–Kier alpha value is -12.2. The van der Waals surface area contributed by atoms with Gasteiger partial charge in [-0.1, -0.05) is 6.07 Å². The number of carbonyl (C=O) groups is 12. The van der Waals surface area contributed by atoms with Crippen LogP contribution >= 0.6 is 0 Å². The van der Waals surface area contributed by atoms with Crippen molar-refractivity contribution in [1.82, 2.24) is 21.9 Å². The summed E-state index contributed by atoms with van der Waals surface area (Å²) in [6.45, 7) is 18.0. The third-order valence-electron chi connectivity index (χ3n) is 12.4. The first kappa shape index (κ1) is 82.0. The number of esters is 1. The Bertz CT molecular complexity index is 3990. The number of cyclic esters (lactones) is 1. The van der Waals surface area contributed by atoms with Crippen LogP contribution in [0.5, 0.6) is 34.5 Å². The number of aromatic carboxylic acids is 1. The summed E-state index contributed by atoms with van der Waals surface area (Å²) in [7, 11) is 2.79. The van der Waals surface area contributed by atoms with Crippen LogP contribution in [0, 0.1) is 0 Å². The molecule has 33 heteroatoms. The van der Waals surface area contributed by atoms with E-state index < -0.39 is 41.4 Å². The molecule has 0 aliphatic carbocycles. The van der Waals surface area contributed by atoms with Gasteiger partial charge in [-0.05, 0) is 124 Å². The summed E-state index contributed by atoms with van der Waals surface area (Å²) >= 11 is 0. The number of hydrogen-bond donors (Lipinski definition) is 14. The van der Waals surface area contributed by atoms with Crippen LogP contribution in [-0.2, 0) is 46.3 Å². The number of amides is 9. The predicted molar refractivity (Wildman–Crippen MR) is 358 cm³/mol. The number of ketones is 1. The fourth-order valence-electron chi connectivity index (χ4n) is 8.71. The van der Waals surface area contributed by atoms with Gasteiger partial charge >= 0.3 is 11.9 Å². The van der Waals surface area contributed by atoms with Gasteiger partial charge in [0, 0.05) is 101 Å². The molecule has 8 rings (SSSR count). The smallest absolute Gasteiger partial charge is 0.345 e. The fourth-order valence-corrected chi connectivity index (χ4v) is 8.71. The van der Waals surface area contributed by atoms with Crippen LogP contribution in [0.3, 0.4) is 0 Å². The summed E-state index contributed by atoms with van der Waals surface area (Å²) in [5.41, 5.74) is 11.2. The standard InChI is InChI=1S/C13H14O4.C12H16N2O4.C11H14N2O4.C11H11NO4.2C10H12N2O4/c1-8(14)6-9-4-5-11-10(7-9)12(15)17-13(2,3)16-11;1-7(2)18-11-5-4-9(13-8(3)15)6-10(11)12(16)14-17;1-3-17-10-5-4-8(12-7(2)14)6-9(10)11(15)13-16;1-6(13)12-8-4-7-2-3-16-10(7)9(5-8)11(14)15;1-6(13)11-7-3-4-9(16-2)8(5-7)10(14)12-15;1-6(13)11-7-3-4-8(10(14)12-15)9(5-7)16-2/h4-5,7H,6H2,1-3H3;4-7,17H,1-3H3,(H,13,15)(H,14,16);4-6,16H,3H2,1-2H3,(H,12,14)(H,13,15);4-5H,2-3H2,1H3,(H,12,13)(H,14,15);2*3-5,15H,1-2H3,(H,11,13)(H,12,14). The Morgan fingerprint density at radius 3 is 1.36 bits per heavy atom. The molecule has 2 aliphatic heterocycles. The van der Waals surface area contributed by atoms with E-state index in [2.05, 4.69) is 26.6 Å². The van der Waals surface area contributed by atoms with Crippen molar-refractivity contribution in [3.63, 3.8) is 0 Å². The molecule has 0 saturated carbocycles. The third kappa shape index (κ3) is 26.8. The van der Waals surface area contributed by atoms with Crippen LogP contribution in [0.1, 0.15) is 149 Å². The van der Waals surface area contributed by atoms with E-state index in [4.69, 9.17) is 59.1 Å². The van der Waals surface area contributed by atoms with Gasteiger partial charge < -0.3 is 64.8 Å². The van der Waals surface area contributed by atoms with E-state index in [-0.39, 0.29) is 75.0 Å². The minimum Gasteiger partial charge on any atom is -0.496 e. The minimum atomic E-state index is -1.05. The van der Waals surface area contributed by atoms with Crippen molar-refractivity contribution in [2.75, 3.05) is 54.0 Å². The quantitative estimate of drug-likeness (QED) is 0.0223. The number of hydrogen-bond acceptors (Lipinski definition) is 23. The first-order chi connectivity index (χ1) is 47.1. The number of carboxylic acids is 1. The van der Waals surface area contributed by atoms with E-state index in [0.717, 1.165) is 11.1 Å². The van der Waals surface area contributed by atoms with E-state index in [1.807, 2.05) is 13.8 Å². The fraction of sp³-hybridized carbons (Fsp3) is 0.284. The number of Topliss-reactive ketones (excluding diaryl/α,β-unsaturated/α-hetero) is 1. The van der Waals surface area contributed by atoms with Gasteiger partial charge in [0.05, 0.1) is 55.8 Å². The molecule has 0 aromatic heterocycles. The number of carboxylic acid groups (broad SMARTS) is 1. The molecule has 0 unspecified atom stereocenters. The number of fused-ring (bicyclic) bond motifs is 2. The van der Waals surface area contributed by atoms with Gasteiger partial charge in [-0.15, -0.1) is 0 Å². The highest BCUT2D eigenvalue weighted by atomic mass is 16.7. The molecule has 0 saturated heterocycles. The van der Waals surface area contributed by atoms with Gasteiger partial charge in [-0.25, -0.2) is 31.5 Å². The molecule has 33 nitrogen and oxygen atoms in total. The summed E-state index contributed by atoms with van der Waals surface area (Å²) in [6.07, 6.45) is 0.870. The molecule has 536 valence electrons. The van der Waals surface area contributed by atoms with Crippen LogP contribution in [0.2, 0.25) is 0 Å². The Morgan fingerprint density at radius 2 is 0.920 bits per heavy atom. The lowest BCUT2D eigenvalue weighted by atomic mass is 10.0. The molecule has 0 spiro atoms. The Kier molecular flexibility index (Phi) is 32.6. The number of methoxy groups -OCH3 is 2. The lowest BCUT2D eigenvalue weighted by Crippen LogP contribution is -2.38. The molecule has 14 N–H and O–H groups in total. The van der Waals surface area contributed by atoms with Crippen LogP contribution in [-0.4, -0.2) is 136 Å². The van der Waals surface area contributed by atoms with E-state index in [1.54, 1.807) is 80.8 Å². The number of nitrogens with one attached hydrogen (secondary N) is 9. The Balaban J connectivity index is 0.000000312. The Labute approximate surface area is 573 Å². The van der Waals surface area contributed by atoms with Crippen molar-refractivity contribution in [2.24, 2.45) is 0 Å². The second-order valence-electron chi connectivity index (χ2n) is 21.5. The zero-order valence-electron chi connectivity index (χ0n) is 56.7. The third-order valence-corrected chi connectivity index (χ3v) is 12.4. The van der Waals surface area contributed by atoms with Gasteiger partial charge in [0.15, 0.2) is 0 Å². The summed E-state index contributed by atoms with van der Waals surface area (Å²) in [5.74, 6) is -4.15. The van der Waals surface area contributed by atoms with Crippen molar-refractivity contribution in [2.45, 2.75) is 101 Å². The second kappa shape index (κ2) is 39.7. The normalized spacial score (nSPS) is 11.4. The summed E-state index contributed by atoms with van der Waals surface area (Å²) in [6, 6.07) is 26.5. The van der Waals surface area contributed by atoms with Crippen LogP contribution < -0.4 is 76.9 Å². The highest BCUT2D eigenvalue weighted by molar-refractivity contribution is 6.02. The molecular weight excluding hydrogens is 1310 g/mol. The van der Waals surface area contributed by atoms with Crippen molar-refractivity contribution >= 4 is 99.3 Å². The lowest BCUT2D eigenvalue weighted by molar-refractivity contribution is -0.127. The number of carbonyl (C=O) groups excluding carboxylic acids is 11. The molecule has 0 radical (unpaired) electrons. The number of ether oxygens (including phenoxy) is 7. The molecule has 6 aromatic rings. The molecule has 2 aliphatic rings. The molecule has 0 fully saturated rings. The zero-order chi connectivity index (χ0) is 75.1. The molecule has 9 amide bonds. The average Bonchev–Trinajstić information content (AvgIpc) is 1.26. The molecule has 100 heavy (non-hydrogen) atoms. The highest BCUT2D eigenvalue weighted by Gasteiger charge is 2.34. The maximum atomic E-state index is 11.8. The van der Waals surface area contributed by atoms with Crippen molar-refractivity contribution < 1.29 is 117 Å². The van der Waals surface area contributed by atoms with E-state index >= 15 is 0 Å². The molecule has 0 bridgehead atoms. The SMILES string of the molecule is CC(=O)Cc1ccc2c(c1)C(=O)OC(C)(C)O2.CC(=O)Nc1cc2c(c(C(=O)O)c1)OCC2.CC(=O)Nc1ccc(OC(C)C)c(C(=O)NO)c1.CCOc1ccc(NC(C)=O)cc1C(=O)NO.COc1cc(NC(C)=O)ccc1C(=O)NO.COc1ccc(NC(C)=O)cc1C(=O)NO. The van der Waals surface area contributed by atoms with Gasteiger partial charge in [0.25, 0.3) is 23.6 Å². The highest BCUT2D eigenvalue weighted by Crippen LogP contribution is 2.34. The topological polar surface area (TPSA) is 479 Å². The lowest BCUT2D eigenvalue weighted by Gasteiger charge is -2.31. The van der Waals surface area contributed by atoms with Crippen molar-refractivity contribution in [3.05, 3.63) is 148 Å². The second-order valence-corrected chi connectivity index (χ2v) is 21.5.